The maximum absolute atomic E-state index is 5.36. The molecule has 82 valence electrons. The highest BCUT2D eigenvalue weighted by Crippen LogP contribution is 2.38. The number of hydrogen-bond acceptors (Lipinski definition) is 3. The van der Waals surface area contributed by atoms with Gasteiger partial charge in [-0.2, -0.15) is 0 Å². The molecule has 2 rings (SSSR count). The topological polar surface area (TPSA) is 30.5 Å². The number of rotatable bonds is 3. The van der Waals surface area contributed by atoms with Crippen LogP contribution < -0.4 is 14.8 Å². The minimum Gasteiger partial charge on any atom is -0.496 e. The average molecular weight is 272 g/mol. The molecule has 1 N–H and O–H groups in total. The maximum atomic E-state index is 5.36. The molecule has 15 heavy (non-hydrogen) atoms. The third-order valence-corrected chi connectivity index (χ3v) is 3.32. The predicted octanol–water partition coefficient (Wildman–Crippen LogP) is 2.50. The van der Waals surface area contributed by atoms with Crippen molar-refractivity contribution in [3.63, 3.8) is 0 Å². The van der Waals surface area contributed by atoms with Gasteiger partial charge in [0.25, 0.3) is 0 Å². The van der Waals surface area contributed by atoms with Gasteiger partial charge in [-0.3, -0.25) is 0 Å². The number of benzene rings is 1. The largest absolute Gasteiger partial charge is 0.496 e. The van der Waals surface area contributed by atoms with Crippen LogP contribution in [-0.4, -0.2) is 20.8 Å². The van der Waals surface area contributed by atoms with Crippen molar-refractivity contribution in [1.82, 2.24) is 5.32 Å². The van der Waals surface area contributed by atoms with E-state index >= 15 is 0 Å². The van der Waals surface area contributed by atoms with E-state index in [2.05, 4.69) is 21.2 Å². The van der Waals surface area contributed by atoms with Crippen LogP contribution in [0.25, 0.3) is 0 Å². The lowest BCUT2D eigenvalue weighted by molar-refractivity contribution is 0.348. The van der Waals surface area contributed by atoms with E-state index in [1.54, 1.807) is 14.2 Å². The van der Waals surface area contributed by atoms with Gasteiger partial charge in [0, 0.05) is 11.6 Å². The van der Waals surface area contributed by atoms with E-state index in [0.29, 0.717) is 6.04 Å². The van der Waals surface area contributed by atoms with Crippen molar-refractivity contribution in [3.05, 3.63) is 22.2 Å². The van der Waals surface area contributed by atoms with E-state index in [1.165, 1.54) is 5.56 Å². The number of ether oxygens (including phenoxy) is 2. The summed E-state index contributed by atoms with van der Waals surface area (Å²) in [6, 6.07) is 4.38. The zero-order chi connectivity index (χ0) is 10.8. The summed E-state index contributed by atoms with van der Waals surface area (Å²) < 4.78 is 11.6. The Morgan fingerprint density at radius 2 is 1.93 bits per heavy atom. The number of halogens is 1. The number of hydrogen-bond donors (Lipinski definition) is 1. The third-order valence-electron chi connectivity index (χ3n) is 2.70. The molecule has 4 heteroatoms. The van der Waals surface area contributed by atoms with Crippen LogP contribution in [0.15, 0.2) is 16.6 Å². The van der Waals surface area contributed by atoms with E-state index in [0.717, 1.165) is 28.9 Å². The number of methoxy groups -OCH3 is 2. The summed E-state index contributed by atoms with van der Waals surface area (Å²) in [7, 11) is 3.36. The Labute approximate surface area is 97.9 Å². The van der Waals surface area contributed by atoms with Crippen LogP contribution in [0.4, 0.5) is 0 Å². The fraction of sp³-hybridized carbons (Fsp3) is 0.455. The van der Waals surface area contributed by atoms with Crippen LogP contribution in [0.2, 0.25) is 0 Å². The summed E-state index contributed by atoms with van der Waals surface area (Å²) in [4.78, 5) is 0. The maximum Gasteiger partial charge on any atom is 0.133 e. The van der Waals surface area contributed by atoms with Crippen molar-refractivity contribution in [3.8, 4) is 11.5 Å². The van der Waals surface area contributed by atoms with E-state index in [9.17, 15) is 0 Å². The summed E-state index contributed by atoms with van der Waals surface area (Å²) >= 11 is 3.45. The van der Waals surface area contributed by atoms with E-state index in [4.69, 9.17) is 9.47 Å². The second-order valence-electron chi connectivity index (χ2n) is 3.52. The molecule has 1 fully saturated rings. The minimum atomic E-state index is 0.405. The molecule has 1 atom stereocenters. The summed E-state index contributed by atoms with van der Waals surface area (Å²) in [6.07, 6.45) is 1.15. The first-order chi connectivity index (χ1) is 7.26. The van der Waals surface area contributed by atoms with Crippen molar-refractivity contribution in [2.45, 2.75) is 12.5 Å². The Hall–Kier alpha value is -0.740. The van der Waals surface area contributed by atoms with Gasteiger partial charge in [-0.05, 0) is 41.0 Å². The van der Waals surface area contributed by atoms with Crippen molar-refractivity contribution in [1.29, 1.82) is 0 Å². The fourth-order valence-corrected chi connectivity index (χ4v) is 2.19. The third kappa shape index (κ3) is 1.96. The molecule has 1 aliphatic rings. The van der Waals surface area contributed by atoms with Gasteiger partial charge in [0.2, 0.25) is 0 Å². The average Bonchev–Trinajstić information content (AvgIpc) is 2.17. The predicted molar refractivity (Wildman–Crippen MR) is 62.6 cm³/mol. The molecule has 1 aliphatic heterocycles. The highest BCUT2D eigenvalue weighted by molar-refractivity contribution is 9.10. The second kappa shape index (κ2) is 4.41. The smallest absolute Gasteiger partial charge is 0.133 e. The van der Waals surface area contributed by atoms with Crippen molar-refractivity contribution in [2.24, 2.45) is 0 Å². The Morgan fingerprint density at radius 1 is 1.27 bits per heavy atom. The molecule has 1 aromatic carbocycles. The molecule has 3 nitrogen and oxygen atoms in total. The van der Waals surface area contributed by atoms with Gasteiger partial charge in [0.1, 0.15) is 11.5 Å². The Morgan fingerprint density at radius 3 is 2.40 bits per heavy atom. The Balaban J connectivity index is 2.40. The molecule has 0 aromatic heterocycles. The molecular formula is C11H14BrNO2. The quantitative estimate of drug-likeness (QED) is 0.917. The molecule has 1 heterocycles. The molecule has 0 radical (unpaired) electrons. The lowest BCUT2D eigenvalue weighted by Gasteiger charge is -2.29. The van der Waals surface area contributed by atoms with E-state index < -0.39 is 0 Å². The molecule has 0 spiro atoms. The van der Waals surface area contributed by atoms with Crippen LogP contribution in [0, 0.1) is 0 Å². The molecule has 1 saturated heterocycles. The molecule has 0 bridgehead atoms. The summed E-state index contributed by atoms with van der Waals surface area (Å²) in [5, 5.41) is 3.36. The van der Waals surface area contributed by atoms with E-state index in [-0.39, 0.29) is 0 Å². The van der Waals surface area contributed by atoms with Gasteiger partial charge in [-0.15, -0.1) is 0 Å². The monoisotopic (exact) mass is 271 g/mol. The van der Waals surface area contributed by atoms with Crippen LogP contribution in [0.3, 0.4) is 0 Å². The molecule has 1 aromatic rings. The normalized spacial score (nSPS) is 19.5. The van der Waals surface area contributed by atoms with Crippen LogP contribution >= 0.6 is 15.9 Å². The van der Waals surface area contributed by atoms with Gasteiger partial charge in [0.15, 0.2) is 0 Å². The Bertz CT molecular complexity index is 364. The van der Waals surface area contributed by atoms with Crippen molar-refractivity contribution in [2.75, 3.05) is 20.8 Å². The molecule has 0 aliphatic carbocycles. The summed E-state index contributed by atoms with van der Waals surface area (Å²) in [6.45, 7) is 1.08. The van der Waals surface area contributed by atoms with Crippen LogP contribution in [0.5, 0.6) is 11.5 Å². The van der Waals surface area contributed by atoms with Gasteiger partial charge in [-0.25, -0.2) is 0 Å². The summed E-state index contributed by atoms with van der Waals surface area (Å²) in [5.74, 6) is 1.75. The molecule has 0 amide bonds. The van der Waals surface area contributed by atoms with Crippen LogP contribution in [0.1, 0.15) is 18.0 Å². The highest BCUT2D eigenvalue weighted by Gasteiger charge is 2.23. The van der Waals surface area contributed by atoms with Crippen LogP contribution in [-0.2, 0) is 0 Å². The fourth-order valence-electron chi connectivity index (χ4n) is 1.71. The van der Waals surface area contributed by atoms with Gasteiger partial charge < -0.3 is 14.8 Å². The molecule has 0 unspecified atom stereocenters. The first-order valence-corrected chi connectivity index (χ1v) is 5.70. The van der Waals surface area contributed by atoms with Crippen molar-refractivity contribution < 1.29 is 9.47 Å². The minimum absolute atomic E-state index is 0.405. The number of nitrogens with one attached hydrogen (secondary N) is 1. The Kier molecular flexibility index (Phi) is 3.17. The van der Waals surface area contributed by atoms with Crippen molar-refractivity contribution >= 4 is 15.9 Å². The van der Waals surface area contributed by atoms with Gasteiger partial charge in [-0.1, -0.05) is 0 Å². The lowest BCUT2D eigenvalue weighted by atomic mass is 9.97. The molecular weight excluding hydrogens is 258 g/mol. The van der Waals surface area contributed by atoms with Gasteiger partial charge >= 0.3 is 0 Å². The first kappa shape index (κ1) is 10.8. The second-order valence-corrected chi connectivity index (χ2v) is 4.38. The summed E-state index contributed by atoms with van der Waals surface area (Å²) in [5.41, 5.74) is 1.17. The zero-order valence-corrected chi connectivity index (χ0v) is 10.4. The van der Waals surface area contributed by atoms with E-state index in [1.807, 2.05) is 12.1 Å². The van der Waals surface area contributed by atoms with Gasteiger partial charge in [0.05, 0.1) is 18.7 Å². The standard InChI is InChI=1S/C11H14BrNO2/c1-14-10-6-8(12)11(15-2)5-7(10)9-3-4-13-9/h5-6,9,13H,3-4H2,1-2H3/t9-/m1/s1. The zero-order valence-electron chi connectivity index (χ0n) is 8.84. The molecule has 0 saturated carbocycles. The lowest BCUT2D eigenvalue weighted by Crippen LogP contribution is -2.35. The first-order valence-electron chi connectivity index (χ1n) is 4.91. The highest BCUT2D eigenvalue weighted by atomic mass is 79.9. The SMILES string of the molecule is COc1cc([C@H]2CCN2)c(OC)cc1Br.